The fourth-order valence-electron chi connectivity index (χ4n) is 3.82. The lowest BCUT2D eigenvalue weighted by atomic mass is 9.88. The van der Waals surface area contributed by atoms with Gasteiger partial charge in [-0.15, -0.1) is 0 Å². The van der Waals surface area contributed by atoms with Crippen molar-refractivity contribution in [3.8, 4) is 5.75 Å². The normalized spacial score (nSPS) is 17.9. The number of methoxy groups -OCH3 is 1. The van der Waals surface area contributed by atoms with Gasteiger partial charge in [-0.3, -0.25) is 4.90 Å². The van der Waals surface area contributed by atoms with Gasteiger partial charge in [0.15, 0.2) is 5.82 Å². The highest BCUT2D eigenvalue weighted by molar-refractivity contribution is 5.85. The molecule has 1 aromatic carbocycles. The highest BCUT2D eigenvalue weighted by Gasteiger charge is 2.28. The number of H-pyrrole nitrogens is 1. The first kappa shape index (κ1) is 16.1. The molecular weight excluding hydrogens is 316 g/mol. The highest BCUT2D eigenvalue weighted by Crippen LogP contribution is 2.36. The first-order chi connectivity index (χ1) is 12.2. The number of likely N-dealkylation sites (tertiary alicyclic amines) is 1. The Balaban J connectivity index is 1.48. The minimum Gasteiger partial charge on any atom is -0.497 e. The highest BCUT2D eigenvalue weighted by atomic mass is 16.5. The van der Waals surface area contributed by atoms with Gasteiger partial charge < -0.3 is 14.2 Å². The van der Waals surface area contributed by atoms with Crippen LogP contribution in [-0.4, -0.2) is 40.2 Å². The standard InChI is InChI=1S/C19H24N4O2/c1-12(19-21-13(2)22-25-19)23-8-6-14(7-9-23)17-11-20-18-5-4-15(24-3)10-16(17)18/h4-5,10-12,14,20H,6-9H2,1-3H3. The lowest BCUT2D eigenvalue weighted by Gasteiger charge is -2.34. The third-order valence-electron chi connectivity index (χ3n) is 5.34. The summed E-state index contributed by atoms with van der Waals surface area (Å²) in [7, 11) is 1.71. The van der Waals surface area contributed by atoms with Gasteiger partial charge in [-0.2, -0.15) is 4.98 Å². The average molecular weight is 340 g/mol. The van der Waals surface area contributed by atoms with Crippen molar-refractivity contribution in [1.29, 1.82) is 0 Å². The predicted octanol–water partition coefficient (Wildman–Crippen LogP) is 3.81. The number of ether oxygens (including phenoxy) is 1. The number of hydrogen-bond acceptors (Lipinski definition) is 5. The number of aryl methyl sites for hydroxylation is 1. The van der Waals surface area contributed by atoms with Crippen LogP contribution >= 0.6 is 0 Å². The molecule has 0 spiro atoms. The lowest BCUT2D eigenvalue weighted by molar-refractivity contribution is 0.136. The number of benzene rings is 1. The first-order valence-corrected chi connectivity index (χ1v) is 8.85. The van der Waals surface area contributed by atoms with E-state index in [1.54, 1.807) is 7.11 Å². The number of aromatic nitrogens is 3. The van der Waals surface area contributed by atoms with Crippen LogP contribution in [0.1, 0.15) is 49.0 Å². The van der Waals surface area contributed by atoms with Gasteiger partial charge >= 0.3 is 0 Å². The van der Waals surface area contributed by atoms with E-state index in [-0.39, 0.29) is 6.04 Å². The molecule has 132 valence electrons. The Morgan fingerprint density at radius 3 is 2.80 bits per heavy atom. The minimum absolute atomic E-state index is 0.171. The molecule has 0 bridgehead atoms. The smallest absolute Gasteiger partial charge is 0.243 e. The van der Waals surface area contributed by atoms with E-state index in [0.717, 1.165) is 31.7 Å². The summed E-state index contributed by atoms with van der Waals surface area (Å²) in [4.78, 5) is 10.2. The number of aromatic amines is 1. The van der Waals surface area contributed by atoms with Crippen LogP contribution in [0.25, 0.3) is 10.9 Å². The molecule has 1 aliphatic heterocycles. The van der Waals surface area contributed by atoms with Gasteiger partial charge in [0.05, 0.1) is 13.2 Å². The van der Waals surface area contributed by atoms with E-state index in [4.69, 9.17) is 9.26 Å². The summed E-state index contributed by atoms with van der Waals surface area (Å²) in [6.45, 7) is 6.06. The molecule has 25 heavy (non-hydrogen) atoms. The quantitative estimate of drug-likeness (QED) is 0.782. The topological polar surface area (TPSA) is 67.2 Å². The molecule has 1 saturated heterocycles. The fourth-order valence-corrected chi connectivity index (χ4v) is 3.82. The summed E-state index contributed by atoms with van der Waals surface area (Å²) in [5, 5.41) is 5.19. The summed E-state index contributed by atoms with van der Waals surface area (Å²) in [5.74, 6) is 2.89. The molecule has 1 fully saturated rings. The molecule has 1 N–H and O–H groups in total. The SMILES string of the molecule is COc1ccc2[nH]cc(C3CCN(C(C)c4nc(C)no4)CC3)c2c1. The van der Waals surface area contributed by atoms with Gasteiger partial charge in [0.2, 0.25) is 5.89 Å². The van der Waals surface area contributed by atoms with Gasteiger partial charge in [0, 0.05) is 17.1 Å². The Labute approximate surface area is 147 Å². The van der Waals surface area contributed by atoms with Crippen molar-refractivity contribution in [3.05, 3.63) is 41.7 Å². The Hall–Kier alpha value is -2.34. The molecule has 1 aliphatic rings. The maximum atomic E-state index is 5.39. The molecule has 0 amide bonds. The monoisotopic (exact) mass is 340 g/mol. The van der Waals surface area contributed by atoms with Crippen molar-refractivity contribution in [1.82, 2.24) is 20.0 Å². The Bertz CT molecular complexity index is 861. The zero-order chi connectivity index (χ0) is 17.4. The van der Waals surface area contributed by atoms with E-state index in [0.29, 0.717) is 17.6 Å². The second-order valence-electron chi connectivity index (χ2n) is 6.82. The van der Waals surface area contributed by atoms with Crippen molar-refractivity contribution in [2.24, 2.45) is 0 Å². The molecule has 0 aliphatic carbocycles. The van der Waals surface area contributed by atoms with Crippen LogP contribution < -0.4 is 4.74 Å². The van der Waals surface area contributed by atoms with Crippen LogP contribution in [0, 0.1) is 6.92 Å². The molecule has 3 aromatic rings. The molecule has 0 saturated carbocycles. The van der Waals surface area contributed by atoms with Crippen LogP contribution in [0.4, 0.5) is 0 Å². The summed E-state index contributed by atoms with van der Waals surface area (Å²) in [6.07, 6.45) is 4.42. The second kappa shape index (κ2) is 6.52. The summed E-state index contributed by atoms with van der Waals surface area (Å²) < 4.78 is 10.7. The van der Waals surface area contributed by atoms with E-state index in [1.807, 2.05) is 13.0 Å². The third-order valence-corrected chi connectivity index (χ3v) is 5.34. The largest absolute Gasteiger partial charge is 0.497 e. The fraction of sp³-hybridized carbons (Fsp3) is 0.474. The maximum absolute atomic E-state index is 5.39. The first-order valence-electron chi connectivity index (χ1n) is 8.85. The number of fused-ring (bicyclic) bond motifs is 1. The number of rotatable bonds is 4. The molecule has 1 atom stereocenters. The molecule has 3 heterocycles. The average Bonchev–Trinajstić information content (AvgIpc) is 3.27. The van der Waals surface area contributed by atoms with Crippen LogP contribution in [-0.2, 0) is 0 Å². The molecule has 4 rings (SSSR count). The maximum Gasteiger partial charge on any atom is 0.243 e. The van der Waals surface area contributed by atoms with Crippen molar-refractivity contribution < 1.29 is 9.26 Å². The van der Waals surface area contributed by atoms with Gasteiger partial charge in [0.1, 0.15) is 5.75 Å². The number of piperidine rings is 1. The van der Waals surface area contributed by atoms with Crippen molar-refractivity contribution >= 4 is 10.9 Å². The van der Waals surface area contributed by atoms with Crippen LogP contribution in [0.15, 0.2) is 28.9 Å². The van der Waals surface area contributed by atoms with Gasteiger partial charge in [-0.1, -0.05) is 5.16 Å². The summed E-state index contributed by atoms with van der Waals surface area (Å²) in [5.41, 5.74) is 2.57. The molecule has 0 radical (unpaired) electrons. The predicted molar refractivity (Wildman–Crippen MR) is 95.8 cm³/mol. The number of nitrogens with zero attached hydrogens (tertiary/aromatic N) is 3. The van der Waals surface area contributed by atoms with Gasteiger partial charge in [0.25, 0.3) is 0 Å². The molecule has 2 aromatic heterocycles. The third kappa shape index (κ3) is 3.02. The van der Waals surface area contributed by atoms with Crippen molar-refractivity contribution in [3.63, 3.8) is 0 Å². The van der Waals surface area contributed by atoms with Crippen LogP contribution in [0.5, 0.6) is 5.75 Å². The van der Waals surface area contributed by atoms with Crippen LogP contribution in [0.3, 0.4) is 0 Å². The van der Waals surface area contributed by atoms with E-state index >= 15 is 0 Å². The molecule has 6 nitrogen and oxygen atoms in total. The van der Waals surface area contributed by atoms with E-state index < -0.39 is 0 Å². The van der Waals surface area contributed by atoms with E-state index in [9.17, 15) is 0 Å². The molecular formula is C19H24N4O2. The van der Waals surface area contributed by atoms with Gasteiger partial charge in [-0.25, -0.2) is 0 Å². The number of hydrogen-bond donors (Lipinski definition) is 1. The van der Waals surface area contributed by atoms with Gasteiger partial charge in [-0.05, 0) is 69.5 Å². The zero-order valence-electron chi connectivity index (χ0n) is 15.0. The summed E-state index contributed by atoms with van der Waals surface area (Å²) >= 11 is 0. The molecule has 1 unspecified atom stereocenters. The Morgan fingerprint density at radius 1 is 1.32 bits per heavy atom. The zero-order valence-corrected chi connectivity index (χ0v) is 15.0. The van der Waals surface area contributed by atoms with E-state index in [2.05, 4.69) is 45.3 Å². The lowest BCUT2D eigenvalue weighted by Crippen LogP contribution is -2.35. The number of nitrogens with one attached hydrogen (secondary N) is 1. The summed E-state index contributed by atoms with van der Waals surface area (Å²) in [6, 6.07) is 6.40. The van der Waals surface area contributed by atoms with Crippen molar-refractivity contribution in [2.75, 3.05) is 20.2 Å². The Morgan fingerprint density at radius 2 is 2.12 bits per heavy atom. The van der Waals surface area contributed by atoms with Crippen LogP contribution in [0.2, 0.25) is 0 Å². The molecule has 6 heteroatoms. The Kier molecular flexibility index (Phi) is 4.21. The second-order valence-corrected chi connectivity index (χ2v) is 6.82. The minimum atomic E-state index is 0.171. The van der Waals surface area contributed by atoms with E-state index in [1.165, 1.54) is 16.5 Å². The van der Waals surface area contributed by atoms with Crippen molar-refractivity contribution in [2.45, 2.75) is 38.6 Å².